The number of aromatic amines is 1. The number of ether oxygens (including phenoxy) is 2. The maximum Gasteiger partial charge on any atom is 0.411 e. The second-order valence-electron chi connectivity index (χ2n) is 11.9. The average Bonchev–Trinajstić information content (AvgIpc) is 3.48. The van der Waals surface area contributed by atoms with Gasteiger partial charge in [-0.1, -0.05) is 0 Å². The average molecular weight is 602 g/mol. The molecule has 194 valence electrons. The minimum absolute atomic E-state index is 0.0436. The zero-order valence-corrected chi connectivity index (χ0v) is 23.2. The molecule has 2 aliphatic carbocycles. The van der Waals surface area contributed by atoms with Crippen LogP contribution in [-0.2, 0) is 14.3 Å². The van der Waals surface area contributed by atoms with E-state index in [4.69, 9.17) is 14.6 Å². The van der Waals surface area contributed by atoms with Crippen molar-refractivity contribution in [3.63, 3.8) is 0 Å². The molecule has 4 aliphatic rings. The molecule has 3 heterocycles. The van der Waals surface area contributed by atoms with Gasteiger partial charge in [-0.25, -0.2) is 19.4 Å². The molecular weight excluding hydrogens is 567 g/mol. The van der Waals surface area contributed by atoms with E-state index in [-0.39, 0.29) is 18.2 Å². The molecule has 35 heavy (non-hydrogen) atoms. The van der Waals surface area contributed by atoms with Crippen molar-refractivity contribution in [3.05, 3.63) is 15.7 Å². The maximum absolute atomic E-state index is 12.3. The third kappa shape index (κ3) is 6.03. The first-order valence-electron chi connectivity index (χ1n) is 12.1. The van der Waals surface area contributed by atoms with Gasteiger partial charge in [0, 0.05) is 12.1 Å². The molecule has 0 bridgehead atoms. The summed E-state index contributed by atoms with van der Waals surface area (Å²) in [4.78, 5) is 46.1. The first kappa shape index (κ1) is 26.0. The molecule has 0 unspecified atom stereocenters. The number of carbonyl (C=O) groups excluding carboxylic acids is 2. The molecule has 2 saturated heterocycles. The number of aromatic nitrogens is 2. The third-order valence-corrected chi connectivity index (χ3v) is 7.13. The standard InChI is InChI=1S/C13H18IN3O2.C11H17NO4/c1-13(2,3)19-12(18)17-8-4-7(8)5-9(17)11-15-6-10(14)16-11;1-11(2,3)16-10(15)12-7-4-6(7)5-8(12)9(13)14/h6-9H,4-5H2,1-3H3,(H,15,16);6-8H,4-5H2,1-3H3,(H,13,14)/t7-,8-,9-;6-,7-,8-/m00/s1. The number of halogens is 1. The van der Waals surface area contributed by atoms with E-state index in [0.717, 1.165) is 28.8 Å². The summed E-state index contributed by atoms with van der Waals surface area (Å²) < 4.78 is 11.7. The Balaban J connectivity index is 0.000000168. The highest BCUT2D eigenvalue weighted by Crippen LogP contribution is 2.53. The quantitative estimate of drug-likeness (QED) is 0.476. The molecule has 2 amide bonds. The number of carboxylic acids is 1. The predicted octanol–water partition coefficient (Wildman–Crippen LogP) is 4.55. The number of aliphatic carboxylic acids is 1. The molecule has 2 N–H and O–H groups in total. The van der Waals surface area contributed by atoms with Gasteiger partial charge in [-0.3, -0.25) is 9.80 Å². The number of rotatable bonds is 2. The summed E-state index contributed by atoms with van der Waals surface area (Å²) in [5.74, 6) is 0.939. The topological polar surface area (TPSA) is 125 Å². The minimum atomic E-state index is -0.932. The molecule has 10 nitrogen and oxygen atoms in total. The van der Waals surface area contributed by atoms with E-state index in [1.54, 1.807) is 27.0 Å². The van der Waals surface area contributed by atoms with E-state index >= 15 is 0 Å². The molecule has 5 rings (SSSR count). The van der Waals surface area contributed by atoms with Gasteiger partial charge in [0.05, 0.1) is 15.9 Å². The van der Waals surface area contributed by atoms with Gasteiger partial charge in [-0.05, 0) is 102 Å². The number of hydrogen-bond acceptors (Lipinski definition) is 6. The molecule has 2 aliphatic heterocycles. The molecule has 2 saturated carbocycles. The second-order valence-corrected chi connectivity index (χ2v) is 13.0. The van der Waals surface area contributed by atoms with Gasteiger partial charge >= 0.3 is 18.2 Å². The first-order chi connectivity index (χ1) is 16.1. The summed E-state index contributed by atoms with van der Waals surface area (Å²) in [6.45, 7) is 11.0. The summed E-state index contributed by atoms with van der Waals surface area (Å²) in [7, 11) is 0. The molecule has 0 radical (unpaired) electrons. The Kier molecular flexibility index (Phi) is 6.78. The maximum atomic E-state index is 12.3. The lowest BCUT2D eigenvalue weighted by Gasteiger charge is -2.29. The smallest absolute Gasteiger partial charge is 0.411 e. The summed E-state index contributed by atoms with van der Waals surface area (Å²) in [6.07, 6.45) is 4.68. The van der Waals surface area contributed by atoms with Crippen molar-refractivity contribution >= 4 is 40.7 Å². The Morgan fingerprint density at radius 1 is 0.943 bits per heavy atom. The largest absolute Gasteiger partial charge is 0.480 e. The lowest BCUT2D eigenvalue weighted by Crippen LogP contribution is -2.45. The molecule has 6 atom stereocenters. The van der Waals surface area contributed by atoms with E-state index in [0.29, 0.717) is 24.3 Å². The van der Waals surface area contributed by atoms with Crippen molar-refractivity contribution in [3.8, 4) is 0 Å². The number of nitrogens with zero attached hydrogens (tertiary/aromatic N) is 3. The zero-order valence-electron chi connectivity index (χ0n) is 21.1. The number of amides is 2. The summed E-state index contributed by atoms with van der Waals surface area (Å²) >= 11 is 2.20. The molecular formula is C24H35IN4O6. The monoisotopic (exact) mass is 602 g/mol. The van der Waals surface area contributed by atoms with Crippen LogP contribution in [0.15, 0.2) is 6.20 Å². The number of nitrogens with one attached hydrogen (secondary N) is 1. The summed E-state index contributed by atoms with van der Waals surface area (Å²) in [5.41, 5.74) is -1.03. The van der Waals surface area contributed by atoms with E-state index in [1.807, 2.05) is 25.7 Å². The number of carbonyl (C=O) groups is 3. The van der Waals surface area contributed by atoms with Crippen molar-refractivity contribution in [2.45, 2.75) is 103 Å². The van der Waals surface area contributed by atoms with Crippen LogP contribution in [-0.4, -0.2) is 72.4 Å². The molecule has 0 spiro atoms. The first-order valence-corrected chi connectivity index (χ1v) is 13.2. The van der Waals surface area contributed by atoms with Crippen LogP contribution in [0.5, 0.6) is 0 Å². The lowest BCUT2D eigenvalue weighted by molar-refractivity contribution is -0.142. The number of likely N-dealkylation sites (tertiary alicyclic amines) is 2. The fraction of sp³-hybridized carbons (Fsp3) is 0.750. The Hall–Kier alpha value is -2.05. The van der Waals surface area contributed by atoms with Crippen molar-refractivity contribution in [2.75, 3.05) is 0 Å². The number of fused-ring (bicyclic) bond motifs is 2. The van der Waals surface area contributed by atoms with Crippen LogP contribution in [0.4, 0.5) is 9.59 Å². The normalized spacial score (nSPS) is 30.6. The van der Waals surface area contributed by atoms with Gasteiger partial charge in [0.2, 0.25) is 0 Å². The van der Waals surface area contributed by atoms with Crippen LogP contribution < -0.4 is 0 Å². The Morgan fingerprint density at radius 2 is 1.46 bits per heavy atom. The molecule has 1 aromatic rings. The zero-order chi connectivity index (χ0) is 25.9. The Bertz CT molecular complexity index is 999. The number of piperidine rings is 2. The summed E-state index contributed by atoms with van der Waals surface area (Å²) in [5, 5.41) is 9.02. The predicted molar refractivity (Wildman–Crippen MR) is 135 cm³/mol. The SMILES string of the molecule is CC(C)(C)OC(=O)N1[C@H](C(=O)O)C[C@@H]2C[C@@H]21.CC(C)(C)OC(=O)N1[C@H](c2ncc(I)[nH]2)C[C@@H]2C[C@@H]21. The van der Waals surface area contributed by atoms with Crippen molar-refractivity contribution in [1.29, 1.82) is 0 Å². The van der Waals surface area contributed by atoms with Gasteiger partial charge in [-0.15, -0.1) is 0 Å². The highest BCUT2D eigenvalue weighted by Gasteiger charge is 2.57. The van der Waals surface area contributed by atoms with Gasteiger partial charge in [0.25, 0.3) is 0 Å². The number of hydrogen-bond donors (Lipinski definition) is 2. The van der Waals surface area contributed by atoms with Gasteiger partial charge < -0.3 is 19.6 Å². The number of imidazole rings is 1. The number of H-pyrrole nitrogens is 1. The van der Waals surface area contributed by atoms with Gasteiger partial charge in [-0.2, -0.15) is 0 Å². The molecule has 1 aromatic heterocycles. The lowest BCUT2D eigenvalue weighted by atomic mass is 10.1. The fourth-order valence-corrected chi connectivity index (χ4v) is 5.43. The Morgan fingerprint density at radius 3 is 1.94 bits per heavy atom. The van der Waals surface area contributed by atoms with Crippen LogP contribution in [0.2, 0.25) is 0 Å². The van der Waals surface area contributed by atoms with Gasteiger partial charge in [0.1, 0.15) is 23.1 Å². The summed E-state index contributed by atoms with van der Waals surface area (Å²) in [6, 6.07) is -0.209. The van der Waals surface area contributed by atoms with E-state index in [2.05, 4.69) is 32.6 Å². The van der Waals surface area contributed by atoms with E-state index in [1.165, 1.54) is 4.90 Å². The van der Waals surface area contributed by atoms with Crippen LogP contribution >= 0.6 is 22.6 Å². The van der Waals surface area contributed by atoms with Crippen molar-refractivity contribution in [2.24, 2.45) is 11.8 Å². The van der Waals surface area contributed by atoms with Gasteiger partial charge in [0.15, 0.2) is 0 Å². The molecule has 11 heteroatoms. The highest BCUT2D eigenvalue weighted by atomic mass is 127. The Labute approximate surface area is 219 Å². The van der Waals surface area contributed by atoms with Crippen molar-refractivity contribution < 1.29 is 29.0 Å². The van der Waals surface area contributed by atoms with E-state index in [9.17, 15) is 14.4 Å². The van der Waals surface area contributed by atoms with Crippen molar-refractivity contribution in [1.82, 2.24) is 19.8 Å². The number of carboxylic acid groups (broad SMARTS) is 1. The van der Waals surface area contributed by atoms with Crippen LogP contribution in [0, 0.1) is 15.5 Å². The molecule has 4 fully saturated rings. The highest BCUT2D eigenvalue weighted by molar-refractivity contribution is 14.1. The third-order valence-electron chi connectivity index (χ3n) is 6.58. The second kappa shape index (κ2) is 9.11. The van der Waals surface area contributed by atoms with E-state index < -0.39 is 29.3 Å². The van der Waals surface area contributed by atoms with Crippen LogP contribution in [0.1, 0.15) is 79.1 Å². The minimum Gasteiger partial charge on any atom is -0.480 e. The molecule has 0 aromatic carbocycles. The fourth-order valence-electron chi connectivity index (χ4n) is 5.01. The van der Waals surface area contributed by atoms with Crippen LogP contribution in [0.3, 0.4) is 0 Å². The van der Waals surface area contributed by atoms with Crippen LogP contribution in [0.25, 0.3) is 0 Å².